The standard InChI is InChI=1S/C25H39ClO4/c1-7-14(2)21-17(10-8-9-15(3)22(28)16(4)13-27)18-11-20(26)24(5,29)12-19(18)23-25(21,6)30-23/h7-10,16-23,27-29H,11-13H2,1-6H3. The molecule has 0 bridgehead atoms. The van der Waals surface area contributed by atoms with Crippen molar-refractivity contribution in [2.24, 2.45) is 29.6 Å². The molecular formula is C25H39ClO4. The molecule has 0 aromatic heterocycles. The van der Waals surface area contributed by atoms with Gasteiger partial charge in [-0.15, -0.1) is 11.6 Å². The Morgan fingerprint density at radius 2 is 1.93 bits per heavy atom. The zero-order valence-electron chi connectivity index (χ0n) is 19.2. The van der Waals surface area contributed by atoms with E-state index in [0.717, 1.165) is 12.0 Å². The van der Waals surface area contributed by atoms with Crippen LogP contribution in [-0.2, 0) is 4.74 Å². The number of hydrogen-bond acceptors (Lipinski definition) is 4. The molecule has 10 unspecified atom stereocenters. The van der Waals surface area contributed by atoms with Crippen LogP contribution in [0.5, 0.6) is 0 Å². The van der Waals surface area contributed by atoms with Gasteiger partial charge in [-0.25, -0.2) is 0 Å². The SMILES string of the molecule is CC=C(C)C1C(C=CC=C(C)C(O)C(C)CO)C2CC(Cl)C(C)(O)CC2C2OC21C. The molecule has 0 aromatic carbocycles. The topological polar surface area (TPSA) is 73.2 Å². The van der Waals surface area contributed by atoms with Crippen LogP contribution >= 0.6 is 11.6 Å². The molecule has 30 heavy (non-hydrogen) atoms. The van der Waals surface area contributed by atoms with Crippen LogP contribution in [-0.4, -0.2) is 50.7 Å². The molecule has 4 nitrogen and oxygen atoms in total. The van der Waals surface area contributed by atoms with Crippen molar-refractivity contribution in [3.8, 4) is 0 Å². The summed E-state index contributed by atoms with van der Waals surface area (Å²) in [6, 6.07) is 0. The third-order valence-electron chi connectivity index (χ3n) is 8.06. The van der Waals surface area contributed by atoms with Crippen molar-refractivity contribution >= 4 is 11.6 Å². The summed E-state index contributed by atoms with van der Waals surface area (Å²) in [5, 5.41) is 30.2. The highest BCUT2D eigenvalue weighted by atomic mass is 35.5. The molecule has 1 saturated heterocycles. The number of ether oxygens (including phenoxy) is 1. The van der Waals surface area contributed by atoms with E-state index >= 15 is 0 Å². The lowest BCUT2D eigenvalue weighted by atomic mass is 9.55. The predicted molar refractivity (Wildman–Crippen MR) is 121 cm³/mol. The van der Waals surface area contributed by atoms with Crippen LogP contribution in [0.25, 0.3) is 0 Å². The second kappa shape index (κ2) is 8.71. The maximum absolute atomic E-state index is 10.8. The molecular weight excluding hydrogens is 400 g/mol. The van der Waals surface area contributed by atoms with Gasteiger partial charge in [0.1, 0.15) is 0 Å². The number of hydrogen-bond donors (Lipinski definition) is 3. The van der Waals surface area contributed by atoms with Gasteiger partial charge in [0.05, 0.1) is 28.8 Å². The highest BCUT2D eigenvalue weighted by molar-refractivity contribution is 6.21. The Kier molecular flexibility index (Phi) is 6.97. The second-order valence-corrected chi connectivity index (χ2v) is 10.8. The summed E-state index contributed by atoms with van der Waals surface area (Å²) in [4.78, 5) is 0. The third kappa shape index (κ3) is 4.19. The lowest BCUT2D eigenvalue weighted by Gasteiger charge is -2.50. The van der Waals surface area contributed by atoms with Gasteiger partial charge in [0.15, 0.2) is 0 Å². The summed E-state index contributed by atoms with van der Waals surface area (Å²) in [6.45, 7) is 12.0. The first-order valence-corrected chi connectivity index (χ1v) is 11.7. The number of aliphatic hydroxyl groups is 3. The average molecular weight is 439 g/mol. The molecule has 1 aliphatic heterocycles. The normalized spacial score (nSPS) is 46.3. The molecule has 0 amide bonds. The fraction of sp³-hybridized carbons (Fsp3) is 0.760. The minimum atomic E-state index is -0.868. The smallest absolute Gasteiger partial charge is 0.0993 e. The fourth-order valence-corrected chi connectivity index (χ4v) is 6.30. The maximum Gasteiger partial charge on any atom is 0.0993 e. The monoisotopic (exact) mass is 438 g/mol. The van der Waals surface area contributed by atoms with E-state index in [1.807, 2.05) is 32.9 Å². The first-order chi connectivity index (χ1) is 14.0. The summed E-state index contributed by atoms with van der Waals surface area (Å²) in [6.07, 6.45) is 9.38. The minimum absolute atomic E-state index is 0.0425. The van der Waals surface area contributed by atoms with Crippen molar-refractivity contribution in [2.75, 3.05) is 6.61 Å². The van der Waals surface area contributed by atoms with Gasteiger partial charge < -0.3 is 20.1 Å². The summed E-state index contributed by atoms with van der Waals surface area (Å²) < 4.78 is 6.33. The van der Waals surface area contributed by atoms with E-state index in [1.54, 1.807) is 0 Å². The Balaban J connectivity index is 1.92. The first-order valence-electron chi connectivity index (χ1n) is 11.3. The number of alkyl halides is 1. The van der Waals surface area contributed by atoms with Crippen molar-refractivity contribution in [1.82, 2.24) is 0 Å². The van der Waals surface area contributed by atoms with E-state index in [-0.39, 0.29) is 41.4 Å². The molecule has 1 heterocycles. The second-order valence-electron chi connectivity index (χ2n) is 10.3. The average Bonchev–Trinajstić information content (AvgIpc) is 3.39. The Hall–Kier alpha value is -0.650. The van der Waals surface area contributed by atoms with E-state index in [4.69, 9.17) is 16.3 Å². The molecule has 0 aromatic rings. The number of halogens is 1. The molecule has 3 rings (SSSR count). The zero-order valence-corrected chi connectivity index (χ0v) is 19.9. The molecule has 3 fully saturated rings. The van der Waals surface area contributed by atoms with Gasteiger partial charge in [-0.05, 0) is 70.8 Å². The van der Waals surface area contributed by atoms with Crippen LogP contribution in [0, 0.1) is 29.6 Å². The Morgan fingerprint density at radius 1 is 1.27 bits per heavy atom. The quantitative estimate of drug-likeness (QED) is 0.251. The van der Waals surface area contributed by atoms with Gasteiger partial charge in [0.25, 0.3) is 0 Å². The van der Waals surface area contributed by atoms with E-state index in [0.29, 0.717) is 18.3 Å². The van der Waals surface area contributed by atoms with Gasteiger partial charge in [-0.2, -0.15) is 0 Å². The molecule has 170 valence electrons. The number of rotatable bonds is 6. The van der Waals surface area contributed by atoms with E-state index in [9.17, 15) is 15.3 Å². The zero-order chi connectivity index (χ0) is 22.4. The van der Waals surface area contributed by atoms with Crippen molar-refractivity contribution in [1.29, 1.82) is 0 Å². The number of allylic oxidation sites excluding steroid dienone is 4. The molecule has 5 heteroatoms. The minimum Gasteiger partial charge on any atom is -0.396 e. The van der Waals surface area contributed by atoms with Crippen LogP contribution in [0.4, 0.5) is 0 Å². The van der Waals surface area contributed by atoms with Crippen molar-refractivity contribution < 1.29 is 20.1 Å². The summed E-state index contributed by atoms with van der Waals surface area (Å²) in [5.74, 6) is 0.972. The van der Waals surface area contributed by atoms with Gasteiger partial charge >= 0.3 is 0 Å². The van der Waals surface area contributed by atoms with E-state index < -0.39 is 11.7 Å². The van der Waals surface area contributed by atoms with Gasteiger partial charge in [0.2, 0.25) is 0 Å². The molecule has 0 spiro atoms. The Labute approximate surface area is 186 Å². The number of aliphatic hydroxyl groups excluding tert-OH is 2. The summed E-state index contributed by atoms with van der Waals surface area (Å²) in [5.41, 5.74) is 1.10. The number of fused-ring (bicyclic) bond motifs is 3. The van der Waals surface area contributed by atoms with Crippen molar-refractivity contribution in [2.45, 2.75) is 83.2 Å². The Bertz CT molecular complexity index is 727. The van der Waals surface area contributed by atoms with Gasteiger partial charge in [0, 0.05) is 18.4 Å². The van der Waals surface area contributed by atoms with E-state index in [2.05, 4.69) is 32.9 Å². The van der Waals surface area contributed by atoms with Crippen LogP contribution in [0.3, 0.4) is 0 Å². The van der Waals surface area contributed by atoms with Gasteiger partial charge in [-0.3, -0.25) is 0 Å². The molecule has 2 aliphatic carbocycles. The van der Waals surface area contributed by atoms with Crippen molar-refractivity contribution in [3.63, 3.8) is 0 Å². The highest BCUT2D eigenvalue weighted by Crippen LogP contribution is 2.64. The first kappa shape index (κ1) is 24.0. The Morgan fingerprint density at radius 3 is 2.53 bits per heavy atom. The fourth-order valence-electron chi connectivity index (χ4n) is 6.00. The van der Waals surface area contributed by atoms with Gasteiger partial charge in [-0.1, -0.05) is 36.8 Å². The van der Waals surface area contributed by atoms with Crippen molar-refractivity contribution in [3.05, 3.63) is 35.5 Å². The summed E-state index contributed by atoms with van der Waals surface area (Å²) in [7, 11) is 0. The maximum atomic E-state index is 10.8. The lowest BCUT2D eigenvalue weighted by molar-refractivity contribution is -0.0409. The van der Waals surface area contributed by atoms with Crippen LogP contribution in [0.1, 0.15) is 54.4 Å². The largest absolute Gasteiger partial charge is 0.396 e. The van der Waals surface area contributed by atoms with Crippen LogP contribution in [0.2, 0.25) is 0 Å². The molecule has 3 N–H and O–H groups in total. The van der Waals surface area contributed by atoms with E-state index in [1.165, 1.54) is 5.57 Å². The number of epoxide rings is 1. The molecule has 3 aliphatic rings. The molecule has 2 saturated carbocycles. The van der Waals surface area contributed by atoms with Crippen LogP contribution < -0.4 is 0 Å². The predicted octanol–water partition coefficient (Wildman–Crippen LogP) is 4.23. The highest BCUT2D eigenvalue weighted by Gasteiger charge is 2.70. The third-order valence-corrected chi connectivity index (χ3v) is 8.71. The molecule has 0 radical (unpaired) electrons. The lowest BCUT2D eigenvalue weighted by Crippen LogP contribution is -2.54. The van der Waals surface area contributed by atoms with Crippen LogP contribution in [0.15, 0.2) is 35.5 Å². The summed E-state index contributed by atoms with van der Waals surface area (Å²) >= 11 is 6.63. The molecule has 10 atom stereocenters.